The van der Waals surface area contributed by atoms with Crippen molar-refractivity contribution in [3.8, 4) is 5.75 Å². The van der Waals surface area contributed by atoms with Gasteiger partial charge in [-0.3, -0.25) is 4.79 Å². The summed E-state index contributed by atoms with van der Waals surface area (Å²) in [6.45, 7) is 0.0733. The van der Waals surface area contributed by atoms with Gasteiger partial charge in [0.2, 0.25) is 0 Å². The predicted molar refractivity (Wildman–Crippen MR) is 65.6 cm³/mol. The van der Waals surface area contributed by atoms with Crippen LogP contribution in [0, 0.1) is 5.82 Å². The van der Waals surface area contributed by atoms with Gasteiger partial charge in [-0.05, 0) is 30.3 Å². The van der Waals surface area contributed by atoms with Gasteiger partial charge in [0, 0.05) is 5.56 Å². The number of Topliss-reactive ketones (excluding diaryl/α,β-unsaturated/α-hetero) is 1. The van der Waals surface area contributed by atoms with E-state index >= 15 is 0 Å². The number of rotatable bonds is 6. The third-order valence-electron chi connectivity index (χ3n) is 2.53. The topological polar surface area (TPSA) is 48.7 Å². The first-order valence-corrected chi connectivity index (χ1v) is 5.67. The fraction of sp³-hybridized carbons (Fsp3) is 0.214. The van der Waals surface area contributed by atoms with Crippen molar-refractivity contribution in [1.29, 1.82) is 0 Å². The van der Waals surface area contributed by atoms with Gasteiger partial charge >= 0.3 is 0 Å². The molecule has 0 saturated carbocycles. The maximum Gasteiger partial charge on any atom is 0.188 e. The van der Waals surface area contributed by atoms with Crippen LogP contribution in [0.3, 0.4) is 0 Å². The Morgan fingerprint density at radius 1 is 1.37 bits per heavy atom. The number of furan rings is 1. The van der Waals surface area contributed by atoms with Crippen molar-refractivity contribution in [3.05, 3.63) is 53.7 Å². The van der Waals surface area contributed by atoms with Crippen LogP contribution in [0.5, 0.6) is 5.75 Å². The fourth-order valence-electron chi connectivity index (χ4n) is 1.56. The smallest absolute Gasteiger partial charge is 0.188 e. The van der Waals surface area contributed by atoms with Gasteiger partial charge in [-0.2, -0.15) is 0 Å². The summed E-state index contributed by atoms with van der Waals surface area (Å²) in [5.41, 5.74) is 0.248. The fourth-order valence-corrected chi connectivity index (χ4v) is 1.56. The minimum atomic E-state index is -0.570. The lowest BCUT2D eigenvalue weighted by molar-refractivity contribution is 0.0690. The van der Waals surface area contributed by atoms with Gasteiger partial charge < -0.3 is 13.9 Å². The largest absolute Gasteiger partial charge is 0.494 e. The molecular weight excluding hydrogens is 251 g/mol. The number of ether oxygens (including phenoxy) is 2. The van der Waals surface area contributed by atoms with Crippen LogP contribution in [0.1, 0.15) is 16.1 Å². The Balaban J connectivity index is 1.91. The van der Waals surface area contributed by atoms with E-state index in [9.17, 15) is 9.18 Å². The van der Waals surface area contributed by atoms with Crippen LogP contribution < -0.4 is 4.74 Å². The number of benzene rings is 1. The molecule has 0 amide bonds. The van der Waals surface area contributed by atoms with E-state index < -0.39 is 5.82 Å². The zero-order valence-electron chi connectivity index (χ0n) is 10.4. The Hall–Kier alpha value is -2.14. The second-order valence-corrected chi connectivity index (χ2v) is 3.84. The summed E-state index contributed by atoms with van der Waals surface area (Å²) in [5, 5.41) is 0. The molecule has 0 aliphatic heterocycles. The summed E-state index contributed by atoms with van der Waals surface area (Å²) in [6, 6.07) is 7.53. The monoisotopic (exact) mass is 264 g/mol. The lowest BCUT2D eigenvalue weighted by Gasteiger charge is -2.05. The summed E-state index contributed by atoms with van der Waals surface area (Å²) in [4.78, 5) is 11.8. The van der Waals surface area contributed by atoms with Crippen LogP contribution in [0.15, 0.2) is 41.0 Å². The third-order valence-corrected chi connectivity index (χ3v) is 2.53. The molecule has 0 radical (unpaired) electrons. The van der Waals surface area contributed by atoms with E-state index in [0.717, 1.165) is 6.07 Å². The Kier molecular flexibility index (Phi) is 4.30. The molecule has 2 rings (SSSR count). The highest BCUT2D eigenvalue weighted by Crippen LogP contribution is 2.18. The number of carbonyl (C=O) groups excluding carboxylic acids is 1. The van der Waals surface area contributed by atoms with Gasteiger partial charge in [-0.25, -0.2) is 4.39 Å². The Morgan fingerprint density at radius 3 is 2.84 bits per heavy atom. The molecule has 100 valence electrons. The van der Waals surface area contributed by atoms with Crippen molar-refractivity contribution in [1.82, 2.24) is 0 Å². The minimum Gasteiger partial charge on any atom is -0.494 e. The molecule has 0 bridgehead atoms. The minimum absolute atomic E-state index is 0.105. The molecule has 1 aromatic carbocycles. The molecule has 0 aliphatic carbocycles. The van der Waals surface area contributed by atoms with Crippen LogP contribution in [-0.2, 0) is 11.3 Å². The van der Waals surface area contributed by atoms with Gasteiger partial charge in [-0.1, -0.05) is 0 Å². The van der Waals surface area contributed by atoms with E-state index in [4.69, 9.17) is 13.9 Å². The van der Waals surface area contributed by atoms with Crippen LogP contribution in [-0.4, -0.2) is 19.5 Å². The van der Waals surface area contributed by atoms with Crippen molar-refractivity contribution in [2.45, 2.75) is 6.61 Å². The Bertz CT molecular complexity index is 549. The summed E-state index contributed by atoms with van der Waals surface area (Å²) in [7, 11) is 1.37. The normalized spacial score (nSPS) is 10.4. The second kappa shape index (κ2) is 6.15. The van der Waals surface area contributed by atoms with Gasteiger partial charge in [0.05, 0.1) is 13.4 Å². The van der Waals surface area contributed by atoms with Crippen LogP contribution in [0.4, 0.5) is 4.39 Å². The maximum absolute atomic E-state index is 13.4. The zero-order chi connectivity index (χ0) is 13.7. The summed E-state index contributed by atoms with van der Waals surface area (Å²) in [5.74, 6) is -0.130. The number of hydrogen-bond donors (Lipinski definition) is 0. The van der Waals surface area contributed by atoms with Gasteiger partial charge in [0.25, 0.3) is 0 Å². The lowest BCUT2D eigenvalue weighted by Crippen LogP contribution is -2.09. The summed E-state index contributed by atoms with van der Waals surface area (Å²) >= 11 is 0. The average Bonchev–Trinajstić information content (AvgIpc) is 2.91. The van der Waals surface area contributed by atoms with Gasteiger partial charge in [0.1, 0.15) is 19.0 Å². The number of halogens is 1. The van der Waals surface area contributed by atoms with E-state index in [2.05, 4.69) is 0 Å². The molecule has 5 heteroatoms. The van der Waals surface area contributed by atoms with Crippen LogP contribution in [0.25, 0.3) is 0 Å². The van der Waals surface area contributed by atoms with Crippen molar-refractivity contribution in [2.24, 2.45) is 0 Å². The van der Waals surface area contributed by atoms with Crippen molar-refractivity contribution >= 4 is 5.78 Å². The van der Waals surface area contributed by atoms with Crippen molar-refractivity contribution < 1.29 is 23.1 Å². The molecule has 0 unspecified atom stereocenters. The lowest BCUT2D eigenvalue weighted by atomic mass is 10.1. The molecule has 0 atom stereocenters. The highest BCUT2D eigenvalue weighted by atomic mass is 19.1. The second-order valence-electron chi connectivity index (χ2n) is 3.84. The van der Waals surface area contributed by atoms with E-state index in [1.54, 1.807) is 12.1 Å². The molecule has 0 fully saturated rings. The van der Waals surface area contributed by atoms with Crippen LogP contribution in [0.2, 0.25) is 0 Å². The van der Waals surface area contributed by atoms with E-state index in [1.807, 2.05) is 0 Å². The van der Waals surface area contributed by atoms with Gasteiger partial charge in [-0.15, -0.1) is 0 Å². The highest BCUT2D eigenvalue weighted by molar-refractivity contribution is 5.97. The number of carbonyl (C=O) groups is 1. The first-order chi connectivity index (χ1) is 9.20. The quantitative estimate of drug-likeness (QED) is 0.753. The van der Waals surface area contributed by atoms with Gasteiger partial charge in [0.15, 0.2) is 17.3 Å². The first-order valence-electron chi connectivity index (χ1n) is 5.67. The molecule has 0 N–H and O–H groups in total. The number of ketones is 1. The molecule has 1 heterocycles. The van der Waals surface area contributed by atoms with E-state index in [1.165, 1.54) is 25.5 Å². The molecule has 0 saturated heterocycles. The Morgan fingerprint density at radius 2 is 2.21 bits per heavy atom. The van der Waals surface area contributed by atoms with E-state index in [0.29, 0.717) is 5.76 Å². The molecule has 19 heavy (non-hydrogen) atoms. The third kappa shape index (κ3) is 3.42. The molecule has 0 aliphatic rings. The highest BCUT2D eigenvalue weighted by Gasteiger charge is 2.10. The van der Waals surface area contributed by atoms with E-state index in [-0.39, 0.29) is 30.3 Å². The molecule has 4 nitrogen and oxygen atoms in total. The molecule has 1 aromatic heterocycles. The molecular formula is C14H13FO4. The summed E-state index contributed by atoms with van der Waals surface area (Å²) < 4.78 is 28.5. The molecule has 2 aromatic rings. The maximum atomic E-state index is 13.4. The number of methoxy groups -OCH3 is 1. The standard InChI is InChI=1S/C14H13FO4/c1-17-14-5-4-10(7-12(14)15)13(16)9-18-8-11-3-2-6-19-11/h2-7H,8-9H2,1H3. The number of hydrogen-bond acceptors (Lipinski definition) is 4. The predicted octanol–water partition coefficient (Wildman–Crippen LogP) is 2.83. The summed E-state index contributed by atoms with van der Waals surface area (Å²) in [6.07, 6.45) is 1.53. The average molecular weight is 264 g/mol. The Labute approximate surface area is 109 Å². The van der Waals surface area contributed by atoms with Crippen molar-refractivity contribution in [2.75, 3.05) is 13.7 Å². The first kappa shape index (κ1) is 13.3. The van der Waals surface area contributed by atoms with Crippen LogP contribution >= 0.6 is 0 Å². The van der Waals surface area contributed by atoms with Crippen molar-refractivity contribution in [3.63, 3.8) is 0 Å². The zero-order valence-corrected chi connectivity index (χ0v) is 10.4. The SMILES string of the molecule is COc1ccc(C(=O)COCc2ccco2)cc1F. The molecule has 0 spiro atoms.